The molecule has 1 aromatic carbocycles. The van der Waals surface area contributed by atoms with Crippen molar-refractivity contribution in [3.8, 4) is 11.5 Å². The van der Waals surface area contributed by atoms with Crippen LogP contribution in [0, 0.1) is 0 Å². The molecule has 1 amide bonds. The number of carbonyl (C=O) groups is 1. The Morgan fingerprint density at radius 3 is 2.18 bits per heavy atom. The Hall–Kier alpha value is -2.51. The van der Waals surface area contributed by atoms with Crippen molar-refractivity contribution in [3.05, 3.63) is 47.9 Å². The first-order valence-corrected chi connectivity index (χ1v) is 15.3. The fraction of sp³-hybridized carbons (Fsp3) is 0.656. The number of unbranched alkanes of at least 4 members (excludes halogenated alkanes) is 12. The highest BCUT2D eigenvalue weighted by molar-refractivity contribution is 5.76. The summed E-state index contributed by atoms with van der Waals surface area (Å²) in [6.07, 6.45) is 17.8. The molecule has 0 saturated carbocycles. The normalized spacial score (nSPS) is 14.2. The molecule has 1 aliphatic heterocycles. The fourth-order valence-corrected chi connectivity index (χ4v) is 5.06. The van der Waals surface area contributed by atoms with Crippen LogP contribution in [0.1, 0.15) is 116 Å². The summed E-state index contributed by atoms with van der Waals surface area (Å²) in [5.74, 6) is 2.08. The van der Waals surface area contributed by atoms with Crippen LogP contribution in [0.15, 0.2) is 41.0 Å². The highest BCUT2D eigenvalue weighted by Gasteiger charge is 2.24. The maximum absolute atomic E-state index is 12.8. The van der Waals surface area contributed by atoms with Crippen LogP contribution in [0.3, 0.4) is 0 Å². The summed E-state index contributed by atoms with van der Waals surface area (Å²) in [5.41, 5.74) is 0.685. The molecule has 0 aliphatic carbocycles. The summed E-state index contributed by atoms with van der Waals surface area (Å²) < 4.78 is 16.7. The highest BCUT2D eigenvalue weighted by Crippen LogP contribution is 2.33. The molecule has 1 aromatic heterocycles. The van der Waals surface area contributed by atoms with Gasteiger partial charge in [0.25, 0.3) is 0 Å². The number of carbonyl (C=O) groups excluding carboxylic acids is 1. The Bertz CT molecular complexity index is 924. The predicted molar refractivity (Wildman–Crippen MR) is 157 cm³/mol. The number of rotatable bonds is 21. The van der Waals surface area contributed by atoms with Crippen molar-refractivity contribution in [1.29, 1.82) is 0 Å². The number of hydrogen-bond acceptors (Lipinski definition) is 6. The van der Waals surface area contributed by atoms with Crippen LogP contribution in [0.4, 0.5) is 0 Å². The van der Waals surface area contributed by atoms with Gasteiger partial charge in [-0.25, -0.2) is 0 Å². The van der Waals surface area contributed by atoms with E-state index in [0.29, 0.717) is 49.8 Å². The maximum atomic E-state index is 12.8. The summed E-state index contributed by atoms with van der Waals surface area (Å²) >= 11 is 0. The molecule has 0 fully saturated rings. The number of aliphatic hydroxyl groups excluding tert-OH is 1. The average molecular weight is 545 g/mol. The quantitative estimate of drug-likeness (QED) is 0.145. The van der Waals surface area contributed by atoms with E-state index in [1.807, 2.05) is 24.3 Å². The average Bonchev–Trinajstić information content (AvgIpc) is 3.48. The molecule has 220 valence electrons. The Morgan fingerprint density at radius 1 is 0.897 bits per heavy atom. The zero-order valence-corrected chi connectivity index (χ0v) is 23.9. The van der Waals surface area contributed by atoms with E-state index in [2.05, 4.69) is 17.6 Å². The lowest BCUT2D eigenvalue weighted by Gasteiger charge is -2.26. The molecule has 39 heavy (non-hydrogen) atoms. The van der Waals surface area contributed by atoms with Crippen LogP contribution in [0.25, 0.3) is 0 Å². The lowest BCUT2D eigenvalue weighted by molar-refractivity contribution is -0.122. The van der Waals surface area contributed by atoms with Crippen LogP contribution in [0.2, 0.25) is 0 Å². The van der Waals surface area contributed by atoms with Gasteiger partial charge < -0.3 is 29.6 Å². The number of aliphatic hydroxyl groups is 1. The minimum atomic E-state index is -0.888. The third-order valence-electron chi connectivity index (χ3n) is 7.39. The number of furan rings is 1. The largest absolute Gasteiger partial charge is 0.486 e. The lowest BCUT2D eigenvalue weighted by atomic mass is 10.0. The Morgan fingerprint density at radius 2 is 1.54 bits per heavy atom. The van der Waals surface area contributed by atoms with Gasteiger partial charge >= 0.3 is 0 Å². The number of amides is 1. The van der Waals surface area contributed by atoms with Crippen LogP contribution in [-0.4, -0.2) is 36.8 Å². The van der Waals surface area contributed by atoms with Crippen molar-refractivity contribution in [2.75, 3.05) is 19.8 Å². The van der Waals surface area contributed by atoms with Gasteiger partial charge in [0.2, 0.25) is 5.91 Å². The number of benzene rings is 1. The third-order valence-corrected chi connectivity index (χ3v) is 7.39. The first-order chi connectivity index (χ1) is 19.2. The van der Waals surface area contributed by atoms with Gasteiger partial charge in [0.1, 0.15) is 25.1 Å². The van der Waals surface area contributed by atoms with E-state index < -0.39 is 12.1 Å². The Balaban J connectivity index is 0.00000560. The zero-order valence-electron chi connectivity index (χ0n) is 23.9. The fourth-order valence-electron chi connectivity index (χ4n) is 5.06. The maximum Gasteiger partial charge on any atom is 0.220 e. The summed E-state index contributed by atoms with van der Waals surface area (Å²) in [7, 11) is 0. The number of ether oxygens (including phenoxy) is 2. The summed E-state index contributed by atoms with van der Waals surface area (Å²) in [6, 6.07) is 8.70. The third kappa shape index (κ3) is 12.0. The van der Waals surface area contributed by atoms with Crippen molar-refractivity contribution in [2.45, 2.75) is 116 Å². The standard InChI is InChI=1S/C32H50N2O5.H2/c1-2-3-4-5-6-7-8-9-10-11-12-13-14-17-31(35)34-28(25-33-24-27-16-15-20-37-27)32(36)26-18-19-29-30(23-26)39-22-21-38-29;/h15-16,18-20,23,28,32-33,36H,2-14,17,21-22,24-25H2,1H3,(H,34,35);1H/t28-,32-;/m1./s1. The van der Waals surface area contributed by atoms with Gasteiger partial charge in [-0.2, -0.15) is 0 Å². The molecule has 1 aliphatic rings. The monoisotopic (exact) mass is 544 g/mol. The van der Waals surface area contributed by atoms with E-state index in [-0.39, 0.29) is 7.33 Å². The molecule has 2 atom stereocenters. The van der Waals surface area contributed by atoms with Gasteiger partial charge in [-0.05, 0) is 36.2 Å². The van der Waals surface area contributed by atoms with Gasteiger partial charge in [0.15, 0.2) is 11.5 Å². The second-order valence-electron chi connectivity index (χ2n) is 10.7. The van der Waals surface area contributed by atoms with Crippen LogP contribution >= 0.6 is 0 Å². The van der Waals surface area contributed by atoms with Crippen LogP contribution in [0.5, 0.6) is 11.5 Å². The van der Waals surface area contributed by atoms with E-state index in [1.54, 1.807) is 12.3 Å². The SMILES string of the molecule is CCCCCCCCCCCCCCCC(=O)N[C@H](CNCc1ccco1)[C@H](O)c1ccc2c(c1)OCCO2.[HH]. The Kier molecular flexibility index (Phi) is 14.9. The van der Waals surface area contributed by atoms with Crippen molar-refractivity contribution in [1.82, 2.24) is 10.6 Å². The molecule has 2 aromatic rings. The number of fused-ring (bicyclic) bond motifs is 1. The van der Waals surface area contributed by atoms with Crippen molar-refractivity contribution < 1.29 is 25.2 Å². The molecule has 3 rings (SSSR count). The zero-order chi connectivity index (χ0) is 27.5. The van der Waals surface area contributed by atoms with E-state index >= 15 is 0 Å². The second-order valence-corrected chi connectivity index (χ2v) is 10.7. The molecule has 2 heterocycles. The first kappa shape index (κ1) is 31.0. The van der Waals surface area contributed by atoms with E-state index in [0.717, 1.165) is 18.6 Å². The van der Waals surface area contributed by atoms with E-state index in [4.69, 9.17) is 13.9 Å². The molecule has 0 radical (unpaired) electrons. The van der Waals surface area contributed by atoms with Crippen molar-refractivity contribution in [2.24, 2.45) is 0 Å². The molecule has 0 saturated heterocycles. The number of hydrogen-bond donors (Lipinski definition) is 3. The lowest BCUT2D eigenvalue weighted by Crippen LogP contribution is -2.45. The molecular weight excluding hydrogens is 492 g/mol. The van der Waals surface area contributed by atoms with Crippen molar-refractivity contribution in [3.63, 3.8) is 0 Å². The van der Waals surface area contributed by atoms with E-state index in [9.17, 15) is 9.90 Å². The Labute approximate surface area is 236 Å². The molecule has 3 N–H and O–H groups in total. The molecule has 7 nitrogen and oxygen atoms in total. The summed E-state index contributed by atoms with van der Waals surface area (Å²) in [6.45, 7) is 4.19. The highest BCUT2D eigenvalue weighted by atomic mass is 16.6. The first-order valence-electron chi connectivity index (χ1n) is 15.3. The van der Waals surface area contributed by atoms with Gasteiger partial charge in [-0.1, -0.05) is 90.0 Å². The second kappa shape index (κ2) is 18.7. The smallest absolute Gasteiger partial charge is 0.220 e. The summed E-state index contributed by atoms with van der Waals surface area (Å²) in [4.78, 5) is 12.8. The van der Waals surface area contributed by atoms with Gasteiger partial charge in [-0.15, -0.1) is 0 Å². The number of nitrogens with one attached hydrogen (secondary N) is 2. The van der Waals surface area contributed by atoms with Gasteiger partial charge in [-0.3, -0.25) is 4.79 Å². The summed E-state index contributed by atoms with van der Waals surface area (Å²) in [5, 5.41) is 17.6. The van der Waals surface area contributed by atoms with Crippen LogP contribution in [-0.2, 0) is 11.3 Å². The molecule has 0 unspecified atom stereocenters. The molecule has 7 heteroatoms. The minimum Gasteiger partial charge on any atom is -0.486 e. The van der Waals surface area contributed by atoms with E-state index in [1.165, 1.54) is 70.6 Å². The van der Waals surface area contributed by atoms with Gasteiger partial charge in [0, 0.05) is 14.4 Å². The van der Waals surface area contributed by atoms with Crippen molar-refractivity contribution >= 4 is 5.91 Å². The van der Waals surface area contributed by atoms with Gasteiger partial charge in [0.05, 0.1) is 18.8 Å². The van der Waals surface area contributed by atoms with Crippen LogP contribution < -0.4 is 20.1 Å². The minimum absolute atomic E-state index is 0. The molecular formula is C32H52N2O5. The molecule has 0 bridgehead atoms. The molecule has 0 spiro atoms. The topological polar surface area (TPSA) is 93.0 Å². The predicted octanol–water partition coefficient (Wildman–Crippen LogP) is 7.09.